The van der Waals surface area contributed by atoms with E-state index >= 15 is 0 Å². The second kappa shape index (κ2) is 8.26. The van der Waals surface area contributed by atoms with Gasteiger partial charge in [-0.25, -0.2) is 4.98 Å². The largest absolute Gasteiger partial charge is 0.469 e. The summed E-state index contributed by atoms with van der Waals surface area (Å²) in [5.74, 6) is 0.0437. The van der Waals surface area contributed by atoms with E-state index in [0.717, 1.165) is 0 Å². The zero-order valence-electron chi connectivity index (χ0n) is 12.0. The maximum absolute atomic E-state index is 12.3. The van der Waals surface area contributed by atoms with E-state index in [4.69, 9.17) is 4.74 Å². The Morgan fingerprint density at radius 3 is 2.60 bits per heavy atom. The SMILES string of the molecule is CCc1nc(C(=O)N(CCOC)CCC(=O)OC)n[nH]1. The van der Waals surface area contributed by atoms with E-state index in [2.05, 4.69) is 19.9 Å². The molecule has 0 fully saturated rings. The molecule has 1 aromatic heterocycles. The van der Waals surface area contributed by atoms with E-state index < -0.39 is 0 Å². The first-order valence-corrected chi connectivity index (χ1v) is 6.38. The topological polar surface area (TPSA) is 97.4 Å². The maximum atomic E-state index is 12.3. The number of nitrogens with zero attached hydrogens (tertiary/aromatic N) is 3. The van der Waals surface area contributed by atoms with E-state index in [0.29, 0.717) is 25.4 Å². The second-order valence-electron chi connectivity index (χ2n) is 4.07. The van der Waals surface area contributed by atoms with Crippen LogP contribution in [0.5, 0.6) is 0 Å². The van der Waals surface area contributed by atoms with Crippen LogP contribution in [0.25, 0.3) is 0 Å². The molecule has 0 spiro atoms. The summed E-state index contributed by atoms with van der Waals surface area (Å²) in [4.78, 5) is 29.0. The Morgan fingerprint density at radius 2 is 2.05 bits per heavy atom. The Hall–Kier alpha value is -1.96. The van der Waals surface area contributed by atoms with E-state index in [9.17, 15) is 9.59 Å². The number of aromatic nitrogens is 3. The van der Waals surface area contributed by atoms with E-state index in [-0.39, 0.29) is 30.7 Å². The molecule has 112 valence electrons. The average molecular weight is 284 g/mol. The van der Waals surface area contributed by atoms with Crippen LogP contribution in [0.4, 0.5) is 0 Å². The van der Waals surface area contributed by atoms with Crippen molar-refractivity contribution in [2.24, 2.45) is 0 Å². The van der Waals surface area contributed by atoms with Crippen LogP contribution in [-0.2, 0) is 20.7 Å². The molecule has 0 saturated heterocycles. The first-order valence-electron chi connectivity index (χ1n) is 6.38. The minimum atomic E-state index is -0.371. The Kier molecular flexibility index (Phi) is 6.65. The van der Waals surface area contributed by atoms with Gasteiger partial charge < -0.3 is 14.4 Å². The van der Waals surface area contributed by atoms with Gasteiger partial charge in [-0.05, 0) is 0 Å². The van der Waals surface area contributed by atoms with Crippen molar-refractivity contribution in [2.75, 3.05) is 33.9 Å². The third kappa shape index (κ3) is 4.61. The Bertz CT molecular complexity index is 446. The van der Waals surface area contributed by atoms with Gasteiger partial charge in [0.25, 0.3) is 5.91 Å². The number of nitrogens with one attached hydrogen (secondary N) is 1. The molecule has 1 rings (SSSR count). The number of rotatable bonds is 8. The summed E-state index contributed by atoms with van der Waals surface area (Å²) < 4.78 is 9.53. The van der Waals surface area contributed by atoms with Crippen LogP contribution < -0.4 is 0 Å². The molecule has 20 heavy (non-hydrogen) atoms. The van der Waals surface area contributed by atoms with Crippen molar-refractivity contribution in [2.45, 2.75) is 19.8 Å². The monoisotopic (exact) mass is 284 g/mol. The van der Waals surface area contributed by atoms with E-state index in [1.165, 1.54) is 12.0 Å². The molecular formula is C12H20N4O4. The highest BCUT2D eigenvalue weighted by atomic mass is 16.5. The van der Waals surface area contributed by atoms with Crippen LogP contribution in [-0.4, -0.2) is 65.9 Å². The fraction of sp³-hybridized carbons (Fsp3) is 0.667. The lowest BCUT2D eigenvalue weighted by atomic mass is 10.3. The number of hydrogen-bond acceptors (Lipinski definition) is 6. The van der Waals surface area contributed by atoms with Crippen LogP contribution >= 0.6 is 0 Å². The summed E-state index contributed by atoms with van der Waals surface area (Å²) in [5, 5.41) is 6.57. The van der Waals surface area contributed by atoms with Crippen molar-refractivity contribution >= 4 is 11.9 Å². The van der Waals surface area contributed by atoms with Crippen LogP contribution in [0, 0.1) is 0 Å². The van der Waals surface area contributed by atoms with Crippen LogP contribution in [0.15, 0.2) is 0 Å². The predicted octanol–water partition coefficient (Wildman–Crippen LogP) is 0.0188. The molecule has 1 amide bonds. The summed E-state index contributed by atoms with van der Waals surface area (Å²) in [6, 6.07) is 0. The summed E-state index contributed by atoms with van der Waals surface area (Å²) >= 11 is 0. The number of ether oxygens (including phenoxy) is 2. The van der Waals surface area contributed by atoms with Gasteiger partial charge in [0.15, 0.2) is 0 Å². The lowest BCUT2D eigenvalue weighted by Gasteiger charge is -2.20. The molecule has 0 aliphatic rings. The third-order valence-electron chi connectivity index (χ3n) is 2.72. The highest BCUT2D eigenvalue weighted by Gasteiger charge is 2.20. The summed E-state index contributed by atoms with van der Waals surface area (Å²) in [7, 11) is 2.86. The van der Waals surface area contributed by atoms with Crippen molar-refractivity contribution in [1.82, 2.24) is 20.1 Å². The zero-order chi connectivity index (χ0) is 15.0. The molecule has 1 aromatic rings. The average Bonchev–Trinajstić information content (AvgIpc) is 2.95. The quantitative estimate of drug-likeness (QED) is 0.676. The molecule has 1 N–H and O–H groups in total. The number of aryl methyl sites for hydroxylation is 1. The molecule has 8 heteroatoms. The summed E-state index contributed by atoms with van der Waals surface area (Å²) in [5.41, 5.74) is 0. The lowest BCUT2D eigenvalue weighted by Crippen LogP contribution is -2.36. The predicted molar refractivity (Wildman–Crippen MR) is 70.2 cm³/mol. The fourth-order valence-electron chi connectivity index (χ4n) is 1.54. The van der Waals surface area contributed by atoms with Gasteiger partial charge in [-0.15, -0.1) is 5.10 Å². The standard InChI is InChI=1S/C12H20N4O4/c1-4-9-13-11(15-14-9)12(18)16(7-8-19-2)6-5-10(17)20-3/h4-8H2,1-3H3,(H,13,14,15). The number of hydrogen-bond donors (Lipinski definition) is 1. The highest BCUT2D eigenvalue weighted by Crippen LogP contribution is 2.02. The smallest absolute Gasteiger partial charge is 0.307 e. The van der Waals surface area contributed by atoms with Crippen LogP contribution in [0.3, 0.4) is 0 Å². The Labute approximate surface area is 117 Å². The fourth-order valence-corrected chi connectivity index (χ4v) is 1.54. The molecule has 0 bridgehead atoms. The summed E-state index contributed by atoms with van der Waals surface area (Å²) in [6.07, 6.45) is 0.789. The number of amides is 1. The number of carbonyl (C=O) groups excluding carboxylic acids is 2. The van der Waals surface area contributed by atoms with Gasteiger partial charge in [-0.1, -0.05) is 6.92 Å². The van der Waals surface area contributed by atoms with Crippen molar-refractivity contribution in [3.05, 3.63) is 11.6 Å². The minimum absolute atomic E-state index is 0.0998. The van der Waals surface area contributed by atoms with Crippen LogP contribution in [0.1, 0.15) is 29.8 Å². The molecule has 0 aliphatic carbocycles. The molecule has 8 nitrogen and oxygen atoms in total. The Morgan fingerprint density at radius 1 is 1.30 bits per heavy atom. The molecule has 0 unspecified atom stereocenters. The van der Waals surface area contributed by atoms with Gasteiger partial charge in [-0.2, -0.15) is 0 Å². The zero-order valence-corrected chi connectivity index (χ0v) is 12.0. The molecule has 0 aliphatic heterocycles. The van der Waals surface area contributed by atoms with Gasteiger partial charge in [0.2, 0.25) is 5.82 Å². The third-order valence-corrected chi connectivity index (χ3v) is 2.72. The van der Waals surface area contributed by atoms with Gasteiger partial charge in [0.1, 0.15) is 5.82 Å². The lowest BCUT2D eigenvalue weighted by molar-refractivity contribution is -0.140. The van der Waals surface area contributed by atoms with E-state index in [1.54, 1.807) is 7.11 Å². The molecule has 1 heterocycles. The van der Waals surface area contributed by atoms with Gasteiger partial charge >= 0.3 is 5.97 Å². The van der Waals surface area contributed by atoms with Gasteiger partial charge in [0.05, 0.1) is 20.1 Å². The first kappa shape index (κ1) is 16.1. The number of H-pyrrole nitrogens is 1. The van der Waals surface area contributed by atoms with Gasteiger partial charge in [0, 0.05) is 26.6 Å². The Balaban J connectivity index is 2.69. The second-order valence-corrected chi connectivity index (χ2v) is 4.07. The normalized spacial score (nSPS) is 10.3. The molecule has 0 saturated carbocycles. The number of carbonyl (C=O) groups is 2. The van der Waals surface area contributed by atoms with Gasteiger partial charge in [-0.3, -0.25) is 14.7 Å². The molecular weight excluding hydrogens is 264 g/mol. The molecule has 0 aromatic carbocycles. The highest BCUT2D eigenvalue weighted by molar-refractivity contribution is 5.90. The number of esters is 1. The first-order chi connectivity index (χ1) is 9.62. The molecule has 0 radical (unpaired) electrons. The number of methoxy groups -OCH3 is 2. The summed E-state index contributed by atoms with van der Waals surface area (Å²) in [6.45, 7) is 2.89. The van der Waals surface area contributed by atoms with Crippen molar-refractivity contribution in [1.29, 1.82) is 0 Å². The van der Waals surface area contributed by atoms with Crippen molar-refractivity contribution in [3.8, 4) is 0 Å². The minimum Gasteiger partial charge on any atom is -0.469 e. The van der Waals surface area contributed by atoms with Crippen molar-refractivity contribution in [3.63, 3.8) is 0 Å². The van der Waals surface area contributed by atoms with Crippen LogP contribution in [0.2, 0.25) is 0 Å². The maximum Gasteiger partial charge on any atom is 0.307 e. The molecule has 0 atom stereocenters. The van der Waals surface area contributed by atoms with E-state index in [1.807, 2.05) is 6.92 Å². The van der Waals surface area contributed by atoms with Crippen molar-refractivity contribution < 1.29 is 19.1 Å². The number of aromatic amines is 1.